The number of nitrogens with zero attached hydrogens (tertiary/aromatic N) is 3. The molecule has 0 bridgehead atoms. The van der Waals surface area contributed by atoms with Gasteiger partial charge in [0.1, 0.15) is 0 Å². The Hall–Kier alpha value is -2.23. The van der Waals surface area contributed by atoms with E-state index in [1.807, 2.05) is 19.2 Å². The summed E-state index contributed by atoms with van der Waals surface area (Å²) in [7, 11) is 0. The number of nitrogens with one attached hydrogen (secondary N) is 1. The Morgan fingerprint density at radius 3 is 2.63 bits per heavy atom. The van der Waals surface area contributed by atoms with Crippen molar-refractivity contribution in [2.45, 2.75) is 26.7 Å². The van der Waals surface area contributed by atoms with Crippen LogP contribution in [-0.2, 0) is 0 Å². The summed E-state index contributed by atoms with van der Waals surface area (Å²) in [6.07, 6.45) is 3.60. The minimum Gasteiger partial charge on any atom is -0.282 e. The fraction of sp³-hybridized carbons (Fsp3) is 0.267. The van der Waals surface area contributed by atoms with Gasteiger partial charge in [-0.15, -0.1) is 0 Å². The van der Waals surface area contributed by atoms with Crippen LogP contribution in [-0.4, -0.2) is 20.2 Å². The fourth-order valence-electron chi connectivity index (χ4n) is 2.13. The summed E-state index contributed by atoms with van der Waals surface area (Å²) in [4.78, 5) is 9.17. The SMILES string of the molecule is Cc1[nH]ncc1-c1cnc2cc(C(C)C)ccc2n1. The molecule has 0 saturated heterocycles. The van der Waals surface area contributed by atoms with Gasteiger partial charge in [0.25, 0.3) is 0 Å². The van der Waals surface area contributed by atoms with Gasteiger partial charge in [0.15, 0.2) is 0 Å². The van der Waals surface area contributed by atoms with Gasteiger partial charge in [-0.2, -0.15) is 5.10 Å². The van der Waals surface area contributed by atoms with E-state index in [0.717, 1.165) is 28.0 Å². The lowest BCUT2D eigenvalue weighted by atomic mass is 10.0. The quantitative estimate of drug-likeness (QED) is 0.760. The predicted molar refractivity (Wildman–Crippen MR) is 75.9 cm³/mol. The number of rotatable bonds is 2. The van der Waals surface area contributed by atoms with E-state index in [4.69, 9.17) is 0 Å². The lowest BCUT2D eigenvalue weighted by Crippen LogP contribution is -1.92. The van der Waals surface area contributed by atoms with Gasteiger partial charge >= 0.3 is 0 Å². The number of hydrogen-bond donors (Lipinski definition) is 1. The van der Waals surface area contributed by atoms with Crippen molar-refractivity contribution in [3.8, 4) is 11.3 Å². The van der Waals surface area contributed by atoms with Crippen molar-refractivity contribution < 1.29 is 0 Å². The third-order valence-corrected chi connectivity index (χ3v) is 3.34. The van der Waals surface area contributed by atoms with E-state index in [0.29, 0.717) is 5.92 Å². The zero-order valence-corrected chi connectivity index (χ0v) is 11.3. The molecule has 0 unspecified atom stereocenters. The molecule has 19 heavy (non-hydrogen) atoms. The van der Waals surface area contributed by atoms with Crippen molar-refractivity contribution in [2.75, 3.05) is 0 Å². The molecule has 4 nitrogen and oxygen atoms in total. The lowest BCUT2D eigenvalue weighted by Gasteiger charge is -2.07. The van der Waals surface area contributed by atoms with Gasteiger partial charge in [-0.1, -0.05) is 19.9 Å². The first-order valence-corrected chi connectivity index (χ1v) is 6.42. The third-order valence-electron chi connectivity index (χ3n) is 3.34. The lowest BCUT2D eigenvalue weighted by molar-refractivity contribution is 0.868. The highest BCUT2D eigenvalue weighted by atomic mass is 15.1. The van der Waals surface area contributed by atoms with Crippen LogP contribution in [0.3, 0.4) is 0 Å². The molecule has 0 aliphatic carbocycles. The van der Waals surface area contributed by atoms with Gasteiger partial charge in [-0.3, -0.25) is 10.1 Å². The number of benzene rings is 1. The van der Waals surface area contributed by atoms with Crippen LogP contribution in [0.5, 0.6) is 0 Å². The largest absolute Gasteiger partial charge is 0.282 e. The molecular formula is C15H16N4. The molecule has 0 fully saturated rings. The Morgan fingerprint density at radius 2 is 1.95 bits per heavy atom. The summed E-state index contributed by atoms with van der Waals surface area (Å²) in [5.41, 5.74) is 6.01. The molecule has 1 aromatic carbocycles. The Balaban J connectivity index is 2.12. The molecular weight excluding hydrogens is 236 g/mol. The maximum absolute atomic E-state index is 4.66. The molecule has 0 amide bonds. The van der Waals surface area contributed by atoms with Gasteiger partial charge in [0, 0.05) is 11.3 Å². The second-order valence-corrected chi connectivity index (χ2v) is 5.07. The molecule has 4 heteroatoms. The van der Waals surface area contributed by atoms with Crippen molar-refractivity contribution >= 4 is 11.0 Å². The Labute approximate surface area is 111 Å². The van der Waals surface area contributed by atoms with Crippen LogP contribution in [0, 0.1) is 6.92 Å². The number of H-pyrrole nitrogens is 1. The normalized spacial score (nSPS) is 11.4. The minimum atomic E-state index is 0.502. The summed E-state index contributed by atoms with van der Waals surface area (Å²) < 4.78 is 0. The summed E-state index contributed by atoms with van der Waals surface area (Å²) in [6.45, 7) is 6.34. The van der Waals surface area contributed by atoms with Gasteiger partial charge < -0.3 is 0 Å². The number of aryl methyl sites for hydroxylation is 1. The molecule has 0 spiro atoms. The van der Waals surface area contributed by atoms with E-state index in [1.54, 1.807) is 6.20 Å². The first-order chi connectivity index (χ1) is 9.15. The molecule has 2 aromatic heterocycles. The molecule has 3 rings (SSSR count). The number of aromatic nitrogens is 4. The van der Waals surface area contributed by atoms with Crippen LogP contribution >= 0.6 is 0 Å². The highest BCUT2D eigenvalue weighted by Gasteiger charge is 2.08. The van der Waals surface area contributed by atoms with E-state index >= 15 is 0 Å². The Bertz CT molecular complexity index is 728. The van der Waals surface area contributed by atoms with Crippen molar-refractivity contribution in [1.82, 2.24) is 20.2 Å². The molecule has 96 valence electrons. The predicted octanol–water partition coefficient (Wildman–Crippen LogP) is 3.45. The first-order valence-electron chi connectivity index (χ1n) is 6.42. The monoisotopic (exact) mass is 252 g/mol. The summed E-state index contributed by atoms with van der Waals surface area (Å²) in [5, 5.41) is 6.94. The molecule has 2 heterocycles. The van der Waals surface area contributed by atoms with E-state index < -0.39 is 0 Å². The zero-order chi connectivity index (χ0) is 13.4. The summed E-state index contributed by atoms with van der Waals surface area (Å²) in [6, 6.07) is 6.27. The van der Waals surface area contributed by atoms with Crippen LogP contribution in [0.2, 0.25) is 0 Å². The van der Waals surface area contributed by atoms with Crippen LogP contribution in [0.15, 0.2) is 30.6 Å². The zero-order valence-electron chi connectivity index (χ0n) is 11.3. The van der Waals surface area contributed by atoms with Crippen molar-refractivity contribution in [1.29, 1.82) is 0 Å². The standard InChI is InChI=1S/C15H16N4/c1-9(2)11-4-5-13-14(6-11)16-8-15(18-13)12-7-17-19-10(12)3/h4-9H,1-3H3,(H,17,19). The first kappa shape index (κ1) is 11.8. The summed E-state index contributed by atoms with van der Waals surface area (Å²) >= 11 is 0. The molecule has 0 atom stereocenters. The number of hydrogen-bond acceptors (Lipinski definition) is 3. The topological polar surface area (TPSA) is 54.5 Å². The molecule has 1 N–H and O–H groups in total. The molecule has 0 saturated carbocycles. The van der Waals surface area contributed by atoms with Crippen LogP contribution in [0.1, 0.15) is 31.0 Å². The molecule has 0 aliphatic rings. The molecule has 3 aromatic rings. The second-order valence-electron chi connectivity index (χ2n) is 5.07. The average Bonchev–Trinajstić information content (AvgIpc) is 2.83. The highest BCUT2D eigenvalue weighted by molar-refractivity contribution is 5.78. The highest BCUT2D eigenvalue weighted by Crippen LogP contribution is 2.23. The van der Waals surface area contributed by atoms with E-state index in [-0.39, 0.29) is 0 Å². The number of aromatic amines is 1. The summed E-state index contributed by atoms with van der Waals surface area (Å²) in [5.74, 6) is 0.502. The van der Waals surface area contributed by atoms with Gasteiger partial charge in [-0.25, -0.2) is 4.98 Å². The van der Waals surface area contributed by atoms with Crippen LogP contribution < -0.4 is 0 Å². The molecule has 0 radical (unpaired) electrons. The van der Waals surface area contributed by atoms with Crippen molar-refractivity contribution in [2.24, 2.45) is 0 Å². The van der Waals surface area contributed by atoms with Crippen LogP contribution in [0.4, 0.5) is 0 Å². The van der Waals surface area contributed by atoms with Crippen molar-refractivity contribution in [3.63, 3.8) is 0 Å². The van der Waals surface area contributed by atoms with Crippen molar-refractivity contribution in [3.05, 3.63) is 41.9 Å². The molecule has 0 aliphatic heterocycles. The van der Waals surface area contributed by atoms with Gasteiger partial charge in [-0.05, 0) is 30.5 Å². The van der Waals surface area contributed by atoms with Crippen LogP contribution in [0.25, 0.3) is 22.3 Å². The smallest absolute Gasteiger partial charge is 0.0927 e. The van der Waals surface area contributed by atoms with E-state index in [1.165, 1.54) is 5.56 Å². The maximum atomic E-state index is 4.66. The van der Waals surface area contributed by atoms with Gasteiger partial charge in [0.05, 0.1) is 29.1 Å². The fourth-order valence-corrected chi connectivity index (χ4v) is 2.13. The Kier molecular flexibility index (Phi) is 2.78. The van der Waals surface area contributed by atoms with E-state index in [2.05, 4.69) is 46.1 Å². The average molecular weight is 252 g/mol. The maximum Gasteiger partial charge on any atom is 0.0927 e. The minimum absolute atomic E-state index is 0.502. The number of fused-ring (bicyclic) bond motifs is 1. The third kappa shape index (κ3) is 2.10. The van der Waals surface area contributed by atoms with Gasteiger partial charge in [0.2, 0.25) is 0 Å². The second kappa shape index (κ2) is 4.46. The van der Waals surface area contributed by atoms with E-state index in [9.17, 15) is 0 Å². The Morgan fingerprint density at radius 1 is 1.11 bits per heavy atom.